The fraction of sp³-hybridized carbons (Fsp3) is 0.833. The number of carbonyl (C=O) groups is 2. The van der Waals surface area contributed by atoms with Crippen LogP contribution in [0.2, 0.25) is 0 Å². The van der Waals surface area contributed by atoms with Crippen LogP contribution in [0.25, 0.3) is 0 Å². The molecule has 138 valence electrons. The third-order valence-corrected chi connectivity index (χ3v) is 6.04. The standard InChI is InChI=1S/C18H29N5O2/c1-18(20-10-16(24)23-6-4-5-15(23)9-19)7-13-11-22(12-14(13)8-18)17(25)21(2)3/h13-15,20H,4-8,10-12H2,1-3H3/t13?,14?,15-,18?/m0/s1. The Morgan fingerprint density at radius 2 is 1.92 bits per heavy atom. The van der Waals surface area contributed by atoms with Crippen molar-refractivity contribution in [2.45, 2.75) is 44.2 Å². The number of carbonyl (C=O) groups excluding carboxylic acids is 2. The zero-order chi connectivity index (χ0) is 18.2. The highest BCUT2D eigenvalue weighted by molar-refractivity contribution is 5.79. The van der Waals surface area contributed by atoms with Gasteiger partial charge in [-0.05, 0) is 44.4 Å². The molecule has 1 N–H and O–H groups in total. The molecule has 0 spiro atoms. The quantitative estimate of drug-likeness (QED) is 0.822. The van der Waals surface area contributed by atoms with Gasteiger partial charge in [0, 0.05) is 39.3 Å². The molecule has 3 amide bonds. The molecule has 1 aliphatic carbocycles. The average molecular weight is 347 g/mol. The van der Waals surface area contributed by atoms with Crippen molar-refractivity contribution < 1.29 is 9.59 Å². The Kier molecular flexibility index (Phi) is 4.92. The molecule has 3 atom stereocenters. The number of likely N-dealkylation sites (tertiary alicyclic amines) is 2. The average Bonchev–Trinajstić information content (AvgIpc) is 3.24. The van der Waals surface area contributed by atoms with E-state index in [0.717, 1.165) is 38.8 Å². The van der Waals surface area contributed by atoms with Gasteiger partial charge in [-0.2, -0.15) is 5.26 Å². The summed E-state index contributed by atoms with van der Waals surface area (Å²) in [6, 6.07) is 2.06. The molecule has 1 saturated carbocycles. The summed E-state index contributed by atoms with van der Waals surface area (Å²) in [6.45, 7) is 4.81. The van der Waals surface area contributed by atoms with Crippen molar-refractivity contribution in [3.63, 3.8) is 0 Å². The molecule has 7 nitrogen and oxygen atoms in total. The van der Waals surface area contributed by atoms with E-state index in [0.29, 0.717) is 24.9 Å². The maximum atomic E-state index is 12.4. The molecule has 0 aromatic carbocycles. The van der Waals surface area contributed by atoms with Gasteiger partial charge >= 0.3 is 6.03 Å². The van der Waals surface area contributed by atoms with Crippen molar-refractivity contribution in [1.82, 2.24) is 20.0 Å². The van der Waals surface area contributed by atoms with E-state index >= 15 is 0 Å². The monoisotopic (exact) mass is 347 g/mol. The Bertz CT molecular complexity index is 571. The van der Waals surface area contributed by atoms with Crippen molar-refractivity contribution in [1.29, 1.82) is 5.26 Å². The largest absolute Gasteiger partial charge is 0.331 e. The number of amides is 3. The normalized spacial score (nSPS) is 34.1. The first-order valence-electron chi connectivity index (χ1n) is 9.23. The number of nitrogens with zero attached hydrogens (tertiary/aromatic N) is 4. The van der Waals surface area contributed by atoms with Crippen molar-refractivity contribution in [2.24, 2.45) is 11.8 Å². The molecule has 3 rings (SSSR count). The topological polar surface area (TPSA) is 79.7 Å². The minimum atomic E-state index is -0.254. The SMILES string of the molecule is CN(C)C(=O)N1CC2CC(C)(NCC(=O)N3CCC[C@H]3C#N)CC2C1. The molecule has 0 aromatic heterocycles. The van der Waals surface area contributed by atoms with Crippen molar-refractivity contribution in [3.8, 4) is 6.07 Å². The Hall–Kier alpha value is -1.81. The summed E-state index contributed by atoms with van der Waals surface area (Å²) in [5, 5.41) is 12.6. The van der Waals surface area contributed by atoms with E-state index < -0.39 is 0 Å². The molecule has 25 heavy (non-hydrogen) atoms. The van der Waals surface area contributed by atoms with Gasteiger partial charge in [0.2, 0.25) is 5.91 Å². The number of nitrogens with one attached hydrogen (secondary N) is 1. The highest BCUT2D eigenvalue weighted by atomic mass is 16.2. The Balaban J connectivity index is 1.50. The van der Waals surface area contributed by atoms with Crippen molar-refractivity contribution in [2.75, 3.05) is 40.3 Å². The van der Waals surface area contributed by atoms with E-state index in [1.165, 1.54) is 0 Å². The molecule has 3 fully saturated rings. The van der Waals surface area contributed by atoms with Crippen LogP contribution in [0.5, 0.6) is 0 Å². The Labute approximate surface area is 149 Å². The maximum absolute atomic E-state index is 12.4. The molecular weight excluding hydrogens is 318 g/mol. The predicted molar refractivity (Wildman–Crippen MR) is 93.6 cm³/mol. The van der Waals surface area contributed by atoms with Gasteiger partial charge in [-0.1, -0.05) is 0 Å². The summed E-state index contributed by atoms with van der Waals surface area (Å²) in [6.07, 6.45) is 3.69. The number of hydrogen-bond donors (Lipinski definition) is 1. The Morgan fingerprint density at radius 1 is 1.28 bits per heavy atom. The summed E-state index contributed by atoms with van der Waals surface area (Å²) in [5.74, 6) is 1.05. The van der Waals surface area contributed by atoms with Crippen LogP contribution in [0.3, 0.4) is 0 Å². The lowest BCUT2D eigenvalue weighted by Crippen LogP contribution is -2.48. The van der Waals surface area contributed by atoms with Gasteiger partial charge in [-0.3, -0.25) is 4.79 Å². The summed E-state index contributed by atoms with van der Waals surface area (Å²) >= 11 is 0. The molecule has 2 saturated heterocycles. The zero-order valence-corrected chi connectivity index (χ0v) is 15.5. The van der Waals surface area contributed by atoms with E-state index in [1.54, 1.807) is 23.9 Å². The summed E-state index contributed by atoms with van der Waals surface area (Å²) < 4.78 is 0. The van der Waals surface area contributed by atoms with Gasteiger partial charge in [-0.25, -0.2) is 4.79 Å². The second-order valence-electron chi connectivity index (χ2n) is 8.30. The first-order valence-corrected chi connectivity index (χ1v) is 9.23. The fourth-order valence-corrected chi connectivity index (χ4v) is 4.82. The smallest absolute Gasteiger partial charge is 0.319 e. The van der Waals surface area contributed by atoms with Gasteiger partial charge < -0.3 is 20.0 Å². The zero-order valence-electron chi connectivity index (χ0n) is 15.5. The van der Waals surface area contributed by atoms with E-state index in [1.807, 2.05) is 4.90 Å². The van der Waals surface area contributed by atoms with E-state index in [-0.39, 0.29) is 23.5 Å². The number of urea groups is 1. The predicted octanol–water partition coefficient (Wildman–Crippen LogP) is 0.873. The van der Waals surface area contributed by atoms with Gasteiger partial charge in [-0.15, -0.1) is 0 Å². The molecule has 2 heterocycles. The van der Waals surface area contributed by atoms with Crippen LogP contribution in [-0.4, -0.2) is 78.5 Å². The summed E-state index contributed by atoms with van der Waals surface area (Å²) in [5.41, 5.74) is -0.0554. The highest BCUT2D eigenvalue weighted by Crippen LogP contribution is 2.43. The second-order valence-corrected chi connectivity index (χ2v) is 8.30. The Morgan fingerprint density at radius 3 is 2.48 bits per heavy atom. The minimum Gasteiger partial charge on any atom is -0.331 e. The number of hydrogen-bond acceptors (Lipinski definition) is 4. The third-order valence-electron chi connectivity index (χ3n) is 6.04. The van der Waals surface area contributed by atoms with Crippen LogP contribution in [0.1, 0.15) is 32.6 Å². The van der Waals surface area contributed by atoms with Crippen LogP contribution >= 0.6 is 0 Å². The van der Waals surface area contributed by atoms with Gasteiger partial charge in [0.25, 0.3) is 0 Å². The molecule has 0 aromatic rings. The summed E-state index contributed by atoms with van der Waals surface area (Å²) in [4.78, 5) is 29.8. The fourth-order valence-electron chi connectivity index (χ4n) is 4.82. The van der Waals surface area contributed by atoms with Crippen molar-refractivity contribution >= 4 is 11.9 Å². The highest BCUT2D eigenvalue weighted by Gasteiger charge is 2.48. The van der Waals surface area contributed by atoms with Crippen LogP contribution in [0, 0.1) is 23.2 Å². The molecule has 7 heteroatoms. The lowest BCUT2D eigenvalue weighted by molar-refractivity contribution is -0.130. The van der Waals surface area contributed by atoms with E-state index in [2.05, 4.69) is 18.3 Å². The number of rotatable bonds is 3. The van der Waals surface area contributed by atoms with Crippen LogP contribution < -0.4 is 5.32 Å². The summed E-state index contributed by atoms with van der Waals surface area (Å²) in [7, 11) is 3.58. The van der Waals surface area contributed by atoms with Crippen LogP contribution in [-0.2, 0) is 4.79 Å². The van der Waals surface area contributed by atoms with Gasteiger partial charge in [0.05, 0.1) is 12.6 Å². The first-order chi connectivity index (χ1) is 11.8. The lowest BCUT2D eigenvalue weighted by atomic mass is 9.98. The van der Waals surface area contributed by atoms with Crippen molar-refractivity contribution in [3.05, 3.63) is 0 Å². The molecular formula is C18H29N5O2. The third kappa shape index (κ3) is 3.59. The molecule has 3 aliphatic rings. The minimum absolute atomic E-state index is 0.0340. The van der Waals surface area contributed by atoms with E-state index in [9.17, 15) is 9.59 Å². The van der Waals surface area contributed by atoms with Crippen LogP contribution in [0.15, 0.2) is 0 Å². The second kappa shape index (κ2) is 6.83. The molecule has 2 aliphatic heterocycles. The molecule has 0 radical (unpaired) electrons. The maximum Gasteiger partial charge on any atom is 0.319 e. The number of nitriles is 1. The molecule has 0 bridgehead atoms. The first kappa shape index (κ1) is 18.0. The van der Waals surface area contributed by atoms with Crippen LogP contribution in [0.4, 0.5) is 4.79 Å². The van der Waals surface area contributed by atoms with E-state index in [4.69, 9.17) is 5.26 Å². The lowest BCUT2D eigenvalue weighted by Gasteiger charge is -2.30. The number of fused-ring (bicyclic) bond motifs is 1. The van der Waals surface area contributed by atoms with Gasteiger partial charge in [0.15, 0.2) is 0 Å². The van der Waals surface area contributed by atoms with Gasteiger partial charge in [0.1, 0.15) is 6.04 Å². The molecule has 2 unspecified atom stereocenters.